The summed E-state index contributed by atoms with van der Waals surface area (Å²) in [4.78, 5) is 10.00. The molecule has 5 heteroatoms. The van der Waals surface area contributed by atoms with Gasteiger partial charge < -0.3 is 10.6 Å². The van der Waals surface area contributed by atoms with Gasteiger partial charge in [-0.05, 0) is 12.0 Å². The first-order valence-corrected chi connectivity index (χ1v) is 8.05. The fourth-order valence-corrected chi connectivity index (χ4v) is 2.78. The minimum atomic E-state index is 0.776. The van der Waals surface area contributed by atoms with Crippen LogP contribution >= 0.6 is 11.3 Å². The van der Waals surface area contributed by atoms with E-state index in [1.165, 1.54) is 15.4 Å². The van der Waals surface area contributed by atoms with Crippen molar-refractivity contribution >= 4 is 17.3 Å². The van der Waals surface area contributed by atoms with Gasteiger partial charge in [-0.2, -0.15) is 0 Å². The van der Waals surface area contributed by atoms with Crippen LogP contribution in [0.2, 0.25) is 0 Å². The fourth-order valence-electron chi connectivity index (χ4n) is 1.92. The van der Waals surface area contributed by atoms with Crippen LogP contribution in [0.5, 0.6) is 0 Å². The smallest absolute Gasteiger partial charge is 0.191 e. The van der Waals surface area contributed by atoms with Crippen molar-refractivity contribution in [1.29, 1.82) is 0 Å². The Labute approximate surface area is 130 Å². The van der Waals surface area contributed by atoms with Crippen molar-refractivity contribution in [3.05, 3.63) is 52.0 Å². The lowest BCUT2D eigenvalue weighted by molar-refractivity contribution is 0.792. The van der Waals surface area contributed by atoms with Crippen molar-refractivity contribution in [2.45, 2.75) is 26.3 Å². The molecule has 1 heterocycles. The van der Waals surface area contributed by atoms with E-state index in [0.717, 1.165) is 31.9 Å². The molecule has 4 nitrogen and oxygen atoms in total. The van der Waals surface area contributed by atoms with Crippen LogP contribution in [0.4, 0.5) is 0 Å². The maximum absolute atomic E-state index is 4.42. The summed E-state index contributed by atoms with van der Waals surface area (Å²) in [6.45, 7) is 3.77. The SMILES string of the molecule is CCc1cnc(CCNC(=NC)NCc2ccccc2)s1. The molecule has 0 aliphatic rings. The third kappa shape index (κ3) is 5.19. The van der Waals surface area contributed by atoms with Crippen LogP contribution in [0, 0.1) is 0 Å². The van der Waals surface area contributed by atoms with E-state index in [9.17, 15) is 0 Å². The summed E-state index contributed by atoms with van der Waals surface area (Å²) in [5, 5.41) is 7.81. The van der Waals surface area contributed by atoms with Crippen LogP contribution < -0.4 is 10.6 Å². The van der Waals surface area contributed by atoms with Gasteiger partial charge in [0.1, 0.15) is 0 Å². The number of thiazole rings is 1. The molecule has 0 fully saturated rings. The average Bonchev–Trinajstić information content (AvgIpc) is 2.99. The Bertz CT molecular complexity index is 563. The Morgan fingerprint density at radius 1 is 1.24 bits per heavy atom. The first kappa shape index (κ1) is 15.5. The monoisotopic (exact) mass is 302 g/mol. The average molecular weight is 302 g/mol. The number of hydrogen-bond donors (Lipinski definition) is 2. The lowest BCUT2D eigenvalue weighted by Gasteiger charge is -2.11. The molecule has 1 aromatic carbocycles. The van der Waals surface area contributed by atoms with E-state index in [-0.39, 0.29) is 0 Å². The van der Waals surface area contributed by atoms with Crippen molar-refractivity contribution in [3.8, 4) is 0 Å². The molecule has 2 rings (SSSR count). The van der Waals surface area contributed by atoms with Gasteiger partial charge in [-0.3, -0.25) is 4.99 Å². The zero-order valence-corrected chi connectivity index (χ0v) is 13.4. The fraction of sp³-hybridized carbons (Fsp3) is 0.375. The molecule has 0 radical (unpaired) electrons. The number of aryl methyl sites for hydroxylation is 1. The van der Waals surface area contributed by atoms with E-state index in [4.69, 9.17) is 0 Å². The Kier molecular flexibility index (Phi) is 6.22. The Morgan fingerprint density at radius 2 is 2.05 bits per heavy atom. The largest absolute Gasteiger partial charge is 0.356 e. The second kappa shape index (κ2) is 8.42. The normalized spacial score (nSPS) is 11.4. The van der Waals surface area contributed by atoms with Crippen LogP contribution in [0.15, 0.2) is 41.5 Å². The number of guanidine groups is 1. The summed E-state index contributed by atoms with van der Waals surface area (Å²) in [5.74, 6) is 0.825. The topological polar surface area (TPSA) is 49.3 Å². The highest BCUT2D eigenvalue weighted by Gasteiger charge is 2.02. The van der Waals surface area contributed by atoms with E-state index in [1.54, 1.807) is 18.4 Å². The second-order valence-electron chi connectivity index (χ2n) is 4.66. The van der Waals surface area contributed by atoms with E-state index >= 15 is 0 Å². The highest BCUT2D eigenvalue weighted by molar-refractivity contribution is 7.11. The van der Waals surface area contributed by atoms with Crippen molar-refractivity contribution < 1.29 is 0 Å². The van der Waals surface area contributed by atoms with Gasteiger partial charge in [0.05, 0.1) is 5.01 Å². The van der Waals surface area contributed by atoms with Crippen LogP contribution in [-0.4, -0.2) is 24.5 Å². The van der Waals surface area contributed by atoms with Crippen LogP contribution in [0.1, 0.15) is 22.4 Å². The van der Waals surface area contributed by atoms with Crippen LogP contribution in [0.3, 0.4) is 0 Å². The van der Waals surface area contributed by atoms with Gasteiger partial charge in [0, 0.05) is 37.6 Å². The summed E-state index contributed by atoms with van der Waals surface area (Å²) in [7, 11) is 1.79. The minimum absolute atomic E-state index is 0.776. The first-order chi connectivity index (χ1) is 10.3. The summed E-state index contributed by atoms with van der Waals surface area (Å²) >= 11 is 1.79. The van der Waals surface area contributed by atoms with Crippen LogP contribution in [-0.2, 0) is 19.4 Å². The Morgan fingerprint density at radius 3 is 2.71 bits per heavy atom. The molecule has 1 aromatic heterocycles. The second-order valence-corrected chi connectivity index (χ2v) is 5.86. The number of aromatic nitrogens is 1. The van der Waals surface area contributed by atoms with E-state index in [2.05, 4.69) is 39.7 Å². The maximum Gasteiger partial charge on any atom is 0.191 e. The molecule has 21 heavy (non-hydrogen) atoms. The number of nitrogens with one attached hydrogen (secondary N) is 2. The third-order valence-corrected chi connectivity index (χ3v) is 4.31. The lowest BCUT2D eigenvalue weighted by Crippen LogP contribution is -2.37. The van der Waals surface area contributed by atoms with Gasteiger partial charge in [-0.1, -0.05) is 37.3 Å². The predicted molar refractivity (Wildman–Crippen MR) is 89.8 cm³/mol. The van der Waals surface area contributed by atoms with E-state index in [0.29, 0.717) is 0 Å². The van der Waals surface area contributed by atoms with Gasteiger partial charge >= 0.3 is 0 Å². The molecule has 0 spiro atoms. The number of nitrogens with zero attached hydrogens (tertiary/aromatic N) is 2. The van der Waals surface area contributed by atoms with Gasteiger partial charge in [0.25, 0.3) is 0 Å². The molecule has 0 amide bonds. The summed E-state index contributed by atoms with van der Waals surface area (Å²) in [6, 6.07) is 10.3. The molecule has 2 N–H and O–H groups in total. The quantitative estimate of drug-likeness (QED) is 0.637. The molecule has 0 saturated carbocycles. The molecule has 0 unspecified atom stereocenters. The number of aliphatic imine (C=N–C) groups is 1. The zero-order valence-electron chi connectivity index (χ0n) is 12.6. The standard InChI is InChI=1S/C16H22N4S/c1-3-14-12-19-15(21-14)9-10-18-16(17-2)20-11-13-7-5-4-6-8-13/h4-8,12H,3,9-11H2,1-2H3,(H2,17,18,20). The number of benzene rings is 1. The molecule has 0 bridgehead atoms. The van der Waals surface area contributed by atoms with Crippen molar-refractivity contribution in [3.63, 3.8) is 0 Å². The van der Waals surface area contributed by atoms with Crippen molar-refractivity contribution in [1.82, 2.24) is 15.6 Å². The highest BCUT2D eigenvalue weighted by atomic mass is 32.1. The zero-order chi connectivity index (χ0) is 14.9. The molecular weight excluding hydrogens is 280 g/mol. The maximum atomic E-state index is 4.42. The summed E-state index contributed by atoms with van der Waals surface area (Å²) < 4.78 is 0. The first-order valence-electron chi connectivity index (χ1n) is 7.24. The minimum Gasteiger partial charge on any atom is -0.356 e. The van der Waals surface area contributed by atoms with Gasteiger partial charge in [0.2, 0.25) is 0 Å². The molecule has 0 atom stereocenters. The lowest BCUT2D eigenvalue weighted by atomic mass is 10.2. The molecular formula is C16H22N4S. The highest BCUT2D eigenvalue weighted by Crippen LogP contribution is 2.13. The molecule has 2 aromatic rings. The number of rotatable bonds is 6. The summed E-state index contributed by atoms with van der Waals surface area (Å²) in [6.07, 6.45) is 3.96. The van der Waals surface area contributed by atoms with Crippen LogP contribution in [0.25, 0.3) is 0 Å². The Balaban J connectivity index is 1.72. The van der Waals surface area contributed by atoms with E-state index in [1.807, 2.05) is 24.4 Å². The Hall–Kier alpha value is -1.88. The third-order valence-electron chi connectivity index (χ3n) is 3.11. The molecule has 112 valence electrons. The van der Waals surface area contributed by atoms with Gasteiger partial charge in [-0.15, -0.1) is 11.3 Å². The van der Waals surface area contributed by atoms with Gasteiger partial charge in [-0.25, -0.2) is 4.98 Å². The van der Waals surface area contributed by atoms with Crippen molar-refractivity contribution in [2.75, 3.05) is 13.6 Å². The summed E-state index contributed by atoms with van der Waals surface area (Å²) in [5.41, 5.74) is 1.24. The predicted octanol–water partition coefficient (Wildman–Crippen LogP) is 2.61. The molecule has 0 saturated heterocycles. The van der Waals surface area contributed by atoms with E-state index < -0.39 is 0 Å². The van der Waals surface area contributed by atoms with Gasteiger partial charge in [0.15, 0.2) is 5.96 Å². The van der Waals surface area contributed by atoms with Crippen molar-refractivity contribution in [2.24, 2.45) is 4.99 Å². The number of hydrogen-bond acceptors (Lipinski definition) is 3. The molecule has 0 aliphatic heterocycles. The molecule has 0 aliphatic carbocycles.